The molecule has 112 valence electrons. The maximum atomic E-state index is 10.3. The number of nitrogens with two attached hydrogens (primary N) is 2. The summed E-state index contributed by atoms with van der Waals surface area (Å²) in [4.78, 5) is 20.6. The lowest BCUT2D eigenvalue weighted by Crippen LogP contribution is -2.13. The van der Waals surface area contributed by atoms with Gasteiger partial charge >= 0.3 is 12.2 Å². The zero-order valence-electron chi connectivity index (χ0n) is 11.6. The van der Waals surface area contributed by atoms with Crippen LogP contribution in [-0.2, 0) is 9.47 Å². The largest absolute Gasteiger partial charge is 0.450 e. The van der Waals surface area contributed by atoms with Gasteiger partial charge in [-0.25, -0.2) is 9.59 Å². The van der Waals surface area contributed by atoms with Gasteiger partial charge in [0, 0.05) is 0 Å². The van der Waals surface area contributed by atoms with Crippen molar-refractivity contribution < 1.29 is 19.1 Å². The number of carbonyl (C=O) groups excluding carboxylic acids is 2. The lowest BCUT2D eigenvalue weighted by Gasteiger charge is -2.03. The van der Waals surface area contributed by atoms with Crippen LogP contribution in [0.15, 0.2) is 0 Å². The Balaban J connectivity index is 2.99. The Morgan fingerprint density at radius 2 is 0.842 bits per heavy atom. The SMILES string of the molecule is NC(=O)OCCCCCCCCCCCOC(N)=O. The van der Waals surface area contributed by atoms with Gasteiger partial charge in [0.15, 0.2) is 0 Å². The van der Waals surface area contributed by atoms with Crippen LogP contribution in [0, 0.1) is 0 Å². The first-order chi connectivity index (χ1) is 9.13. The van der Waals surface area contributed by atoms with E-state index in [1.807, 2.05) is 0 Å². The molecule has 0 aromatic heterocycles. The van der Waals surface area contributed by atoms with Crippen LogP contribution in [0.4, 0.5) is 9.59 Å². The molecule has 0 radical (unpaired) electrons. The third-order valence-corrected chi connectivity index (χ3v) is 2.78. The van der Waals surface area contributed by atoms with Crippen molar-refractivity contribution >= 4 is 12.2 Å². The lowest BCUT2D eigenvalue weighted by molar-refractivity contribution is 0.153. The predicted octanol–water partition coefficient (Wildman–Crippen LogP) is 2.69. The zero-order chi connectivity index (χ0) is 14.3. The lowest BCUT2D eigenvalue weighted by atomic mass is 10.1. The third kappa shape index (κ3) is 16.5. The number of carbonyl (C=O) groups is 2. The van der Waals surface area contributed by atoms with Crippen LogP contribution < -0.4 is 11.5 Å². The van der Waals surface area contributed by atoms with Gasteiger partial charge in [0.2, 0.25) is 0 Å². The molecule has 0 unspecified atom stereocenters. The van der Waals surface area contributed by atoms with Gasteiger partial charge in [0.25, 0.3) is 0 Å². The molecule has 2 amide bonds. The number of primary amides is 2. The van der Waals surface area contributed by atoms with E-state index in [1.165, 1.54) is 19.3 Å². The maximum absolute atomic E-state index is 10.3. The van der Waals surface area contributed by atoms with E-state index in [-0.39, 0.29) is 0 Å². The van der Waals surface area contributed by atoms with Crippen molar-refractivity contribution in [2.45, 2.75) is 57.8 Å². The Kier molecular flexibility index (Phi) is 12.0. The average Bonchev–Trinajstić information content (AvgIpc) is 2.34. The molecule has 6 heteroatoms. The van der Waals surface area contributed by atoms with Gasteiger partial charge in [0.1, 0.15) is 0 Å². The minimum absolute atomic E-state index is 0.426. The molecule has 19 heavy (non-hydrogen) atoms. The molecule has 0 aliphatic heterocycles. The molecule has 0 aliphatic rings. The molecule has 0 fully saturated rings. The third-order valence-electron chi connectivity index (χ3n) is 2.78. The first kappa shape index (κ1) is 17.5. The van der Waals surface area contributed by atoms with Gasteiger partial charge in [-0.1, -0.05) is 44.9 Å². The van der Waals surface area contributed by atoms with E-state index in [0.29, 0.717) is 13.2 Å². The first-order valence-electron chi connectivity index (χ1n) is 6.97. The van der Waals surface area contributed by atoms with Crippen molar-refractivity contribution in [3.8, 4) is 0 Å². The van der Waals surface area contributed by atoms with Crippen LogP contribution in [0.1, 0.15) is 57.8 Å². The standard InChI is InChI=1S/C13H26N2O4/c14-12(16)18-10-8-6-4-2-1-3-5-7-9-11-19-13(15)17/h1-11H2,(H2,14,16)(H2,15,17). The Bertz CT molecular complexity index is 223. The van der Waals surface area contributed by atoms with Gasteiger partial charge in [-0.2, -0.15) is 0 Å². The predicted molar refractivity (Wildman–Crippen MR) is 72.6 cm³/mol. The molecule has 0 rings (SSSR count). The van der Waals surface area contributed by atoms with Crippen molar-refractivity contribution in [1.82, 2.24) is 0 Å². The van der Waals surface area contributed by atoms with Crippen molar-refractivity contribution in [2.24, 2.45) is 11.5 Å². The average molecular weight is 274 g/mol. The van der Waals surface area contributed by atoms with E-state index < -0.39 is 12.2 Å². The highest BCUT2D eigenvalue weighted by molar-refractivity contribution is 5.64. The van der Waals surface area contributed by atoms with Crippen molar-refractivity contribution in [2.75, 3.05) is 13.2 Å². The highest BCUT2D eigenvalue weighted by atomic mass is 16.5. The Labute approximate surface area is 114 Å². The monoisotopic (exact) mass is 274 g/mol. The molecule has 0 bridgehead atoms. The number of hydrogen-bond donors (Lipinski definition) is 2. The van der Waals surface area contributed by atoms with Crippen LogP contribution in [0.5, 0.6) is 0 Å². The maximum Gasteiger partial charge on any atom is 0.404 e. The van der Waals surface area contributed by atoms with Crippen LogP contribution in [-0.4, -0.2) is 25.4 Å². The Hall–Kier alpha value is -1.46. The number of unbranched alkanes of at least 4 members (excludes halogenated alkanes) is 8. The summed E-state index contributed by atoms with van der Waals surface area (Å²) in [6, 6.07) is 0. The summed E-state index contributed by atoms with van der Waals surface area (Å²) in [6.07, 6.45) is 8.46. The van der Waals surface area contributed by atoms with E-state index >= 15 is 0 Å². The number of rotatable bonds is 12. The van der Waals surface area contributed by atoms with Gasteiger partial charge in [-0.05, 0) is 12.8 Å². The van der Waals surface area contributed by atoms with Crippen LogP contribution in [0.2, 0.25) is 0 Å². The smallest absolute Gasteiger partial charge is 0.404 e. The summed E-state index contributed by atoms with van der Waals surface area (Å²) in [6.45, 7) is 0.852. The molecule has 0 heterocycles. The van der Waals surface area contributed by atoms with Crippen molar-refractivity contribution in [1.29, 1.82) is 0 Å². The normalized spacial score (nSPS) is 10.1. The Morgan fingerprint density at radius 1 is 0.579 bits per heavy atom. The molecule has 0 spiro atoms. The minimum Gasteiger partial charge on any atom is -0.450 e. The number of ether oxygens (including phenoxy) is 2. The van der Waals surface area contributed by atoms with Gasteiger partial charge < -0.3 is 20.9 Å². The Morgan fingerprint density at radius 3 is 1.11 bits per heavy atom. The molecule has 4 N–H and O–H groups in total. The van der Waals surface area contributed by atoms with Gasteiger partial charge in [-0.15, -0.1) is 0 Å². The molecule has 6 nitrogen and oxygen atoms in total. The van der Waals surface area contributed by atoms with Crippen LogP contribution >= 0.6 is 0 Å². The molecule has 0 atom stereocenters. The molecule has 0 aromatic rings. The second-order valence-electron chi connectivity index (χ2n) is 4.52. The summed E-state index contributed by atoms with van der Waals surface area (Å²) in [5.41, 5.74) is 9.69. The fourth-order valence-electron chi connectivity index (χ4n) is 1.79. The summed E-state index contributed by atoms with van der Waals surface area (Å²) in [7, 11) is 0. The van der Waals surface area contributed by atoms with E-state index in [9.17, 15) is 9.59 Å². The van der Waals surface area contributed by atoms with E-state index in [0.717, 1.165) is 38.5 Å². The number of hydrogen-bond acceptors (Lipinski definition) is 4. The summed E-state index contributed by atoms with van der Waals surface area (Å²) >= 11 is 0. The highest BCUT2D eigenvalue weighted by Crippen LogP contribution is 2.09. The summed E-state index contributed by atoms with van der Waals surface area (Å²) in [5.74, 6) is 0. The molecule has 0 aromatic carbocycles. The molecular formula is C13H26N2O4. The molecular weight excluding hydrogens is 248 g/mol. The number of amides is 2. The van der Waals surface area contributed by atoms with E-state index in [1.54, 1.807) is 0 Å². The van der Waals surface area contributed by atoms with Gasteiger partial charge in [0.05, 0.1) is 13.2 Å². The molecule has 0 saturated carbocycles. The second kappa shape index (κ2) is 13.0. The fourth-order valence-corrected chi connectivity index (χ4v) is 1.79. The zero-order valence-corrected chi connectivity index (χ0v) is 11.6. The first-order valence-corrected chi connectivity index (χ1v) is 6.97. The molecule has 0 aliphatic carbocycles. The second-order valence-corrected chi connectivity index (χ2v) is 4.52. The summed E-state index contributed by atoms with van der Waals surface area (Å²) < 4.78 is 9.27. The topological polar surface area (TPSA) is 105 Å². The highest BCUT2D eigenvalue weighted by Gasteiger charge is 1.96. The van der Waals surface area contributed by atoms with Crippen LogP contribution in [0.3, 0.4) is 0 Å². The van der Waals surface area contributed by atoms with Gasteiger partial charge in [-0.3, -0.25) is 0 Å². The minimum atomic E-state index is -0.694. The fraction of sp³-hybridized carbons (Fsp3) is 0.846. The summed E-state index contributed by atoms with van der Waals surface area (Å²) in [5, 5.41) is 0. The van der Waals surface area contributed by atoms with Crippen molar-refractivity contribution in [3.63, 3.8) is 0 Å². The van der Waals surface area contributed by atoms with Crippen molar-refractivity contribution in [3.05, 3.63) is 0 Å². The molecule has 0 saturated heterocycles. The van der Waals surface area contributed by atoms with Crippen LogP contribution in [0.25, 0.3) is 0 Å². The van der Waals surface area contributed by atoms with E-state index in [4.69, 9.17) is 11.5 Å². The quantitative estimate of drug-likeness (QED) is 0.534. The van der Waals surface area contributed by atoms with E-state index in [2.05, 4.69) is 9.47 Å².